The van der Waals surface area contributed by atoms with Crippen LogP contribution in [0.25, 0.3) is 0 Å². The summed E-state index contributed by atoms with van der Waals surface area (Å²) in [5.74, 6) is 0. The molecule has 1 saturated heterocycles. The van der Waals surface area contributed by atoms with Gasteiger partial charge in [-0.2, -0.15) is 0 Å². The molecule has 0 amide bonds. The van der Waals surface area contributed by atoms with Gasteiger partial charge >= 0.3 is 0 Å². The Hall–Kier alpha value is -2.75. The maximum Gasteiger partial charge on any atom is 0.150 e. The Morgan fingerprint density at radius 2 is 1.36 bits per heavy atom. The van der Waals surface area contributed by atoms with E-state index in [2.05, 4.69) is 82.6 Å². The lowest BCUT2D eigenvalue weighted by molar-refractivity contribution is 0.0636. The molecule has 0 radical (unpaired) electrons. The van der Waals surface area contributed by atoms with Gasteiger partial charge in [-0.1, -0.05) is 84.9 Å². The van der Waals surface area contributed by atoms with Crippen molar-refractivity contribution in [1.82, 2.24) is 9.80 Å². The summed E-state index contributed by atoms with van der Waals surface area (Å²) in [5.41, 5.74) is 4.71. The number of hydrogen-bond donors (Lipinski definition) is 0. The fourth-order valence-electron chi connectivity index (χ4n) is 3.98. The SMILES string of the molecule is O=Cc1ccc(C2CN(Cc3ccccc3)CCN2Cc2ccccc2)cc1. The van der Waals surface area contributed by atoms with Crippen LogP contribution in [0.3, 0.4) is 0 Å². The lowest BCUT2D eigenvalue weighted by atomic mass is 9.99. The zero-order valence-corrected chi connectivity index (χ0v) is 16.1. The van der Waals surface area contributed by atoms with Gasteiger partial charge in [0.1, 0.15) is 6.29 Å². The second-order valence-electron chi connectivity index (χ2n) is 7.48. The minimum atomic E-state index is 0.318. The maximum absolute atomic E-state index is 11.0. The Morgan fingerprint density at radius 1 is 0.750 bits per heavy atom. The van der Waals surface area contributed by atoms with E-state index in [0.29, 0.717) is 6.04 Å². The van der Waals surface area contributed by atoms with Crippen molar-refractivity contribution in [3.05, 3.63) is 107 Å². The molecule has 0 N–H and O–H groups in total. The minimum Gasteiger partial charge on any atom is -0.298 e. The van der Waals surface area contributed by atoms with Crippen molar-refractivity contribution in [1.29, 1.82) is 0 Å². The van der Waals surface area contributed by atoms with Crippen LogP contribution in [-0.2, 0) is 13.1 Å². The average molecular weight is 370 g/mol. The Bertz CT molecular complexity index is 877. The van der Waals surface area contributed by atoms with Gasteiger partial charge in [-0.05, 0) is 16.7 Å². The summed E-state index contributed by atoms with van der Waals surface area (Å²) in [7, 11) is 0. The van der Waals surface area contributed by atoms with E-state index < -0.39 is 0 Å². The molecule has 3 nitrogen and oxygen atoms in total. The summed E-state index contributed by atoms with van der Waals surface area (Å²) >= 11 is 0. The molecule has 28 heavy (non-hydrogen) atoms. The second-order valence-corrected chi connectivity index (χ2v) is 7.48. The highest BCUT2D eigenvalue weighted by Gasteiger charge is 2.28. The van der Waals surface area contributed by atoms with Crippen molar-refractivity contribution in [2.24, 2.45) is 0 Å². The number of hydrogen-bond acceptors (Lipinski definition) is 3. The molecule has 0 aromatic heterocycles. The predicted molar refractivity (Wildman–Crippen MR) is 113 cm³/mol. The number of carbonyl (C=O) groups is 1. The molecule has 0 saturated carbocycles. The second kappa shape index (κ2) is 8.96. The van der Waals surface area contributed by atoms with E-state index in [0.717, 1.165) is 44.6 Å². The van der Waals surface area contributed by atoms with Crippen LogP contribution in [0.1, 0.15) is 33.1 Å². The highest BCUT2D eigenvalue weighted by Crippen LogP contribution is 2.28. The van der Waals surface area contributed by atoms with Crippen molar-refractivity contribution >= 4 is 6.29 Å². The fourth-order valence-corrected chi connectivity index (χ4v) is 3.98. The smallest absolute Gasteiger partial charge is 0.150 e. The molecular formula is C25H26N2O. The molecule has 0 bridgehead atoms. The Kier molecular flexibility index (Phi) is 5.95. The predicted octanol–water partition coefficient (Wildman–Crippen LogP) is 4.56. The van der Waals surface area contributed by atoms with Gasteiger partial charge in [0.15, 0.2) is 0 Å². The topological polar surface area (TPSA) is 23.6 Å². The molecule has 1 unspecified atom stereocenters. The lowest BCUT2D eigenvalue weighted by Gasteiger charge is -2.42. The number of rotatable bonds is 6. The van der Waals surface area contributed by atoms with Crippen molar-refractivity contribution in [3.63, 3.8) is 0 Å². The highest BCUT2D eigenvalue weighted by molar-refractivity contribution is 5.74. The standard InChI is InChI=1S/C25H26N2O/c28-20-23-11-13-24(14-12-23)25-19-26(17-21-7-3-1-4-8-21)15-16-27(25)18-22-9-5-2-6-10-22/h1-14,20,25H,15-19H2. The maximum atomic E-state index is 11.0. The van der Waals surface area contributed by atoms with Gasteiger partial charge in [0.2, 0.25) is 0 Å². The molecule has 0 spiro atoms. The Labute approximate surface area is 167 Å². The molecular weight excluding hydrogens is 344 g/mol. The van der Waals surface area contributed by atoms with Gasteiger partial charge in [0.25, 0.3) is 0 Å². The molecule has 3 heteroatoms. The van der Waals surface area contributed by atoms with Crippen LogP contribution in [0.15, 0.2) is 84.9 Å². The first-order valence-corrected chi connectivity index (χ1v) is 9.91. The van der Waals surface area contributed by atoms with Crippen LogP contribution in [0.2, 0.25) is 0 Å². The third kappa shape index (κ3) is 4.56. The summed E-state index contributed by atoms with van der Waals surface area (Å²) in [6.45, 7) is 5.00. The van der Waals surface area contributed by atoms with Gasteiger partial charge in [0, 0.05) is 44.3 Å². The third-order valence-electron chi connectivity index (χ3n) is 5.51. The molecule has 4 rings (SSSR count). The van der Waals surface area contributed by atoms with Crippen LogP contribution in [0.4, 0.5) is 0 Å². The molecule has 0 aliphatic carbocycles. The largest absolute Gasteiger partial charge is 0.298 e. The van der Waals surface area contributed by atoms with E-state index in [1.165, 1.54) is 16.7 Å². The average Bonchev–Trinajstić information content (AvgIpc) is 2.76. The quantitative estimate of drug-likeness (QED) is 0.595. The van der Waals surface area contributed by atoms with Crippen LogP contribution in [-0.4, -0.2) is 35.7 Å². The summed E-state index contributed by atoms with van der Waals surface area (Å²) in [5, 5.41) is 0. The van der Waals surface area contributed by atoms with Crippen molar-refractivity contribution in [2.75, 3.05) is 19.6 Å². The molecule has 1 aliphatic heterocycles. The van der Waals surface area contributed by atoms with E-state index in [1.54, 1.807) is 0 Å². The Balaban J connectivity index is 1.54. The van der Waals surface area contributed by atoms with E-state index in [4.69, 9.17) is 0 Å². The number of piperazine rings is 1. The minimum absolute atomic E-state index is 0.318. The van der Waals surface area contributed by atoms with Crippen LogP contribution >= 0.6 is 0 Å². The van der Waals surface area contributed by atoms with Gasteiger partial charge < -0.3 is 0 Å². The van der Waals surface area contributed by atoms with E-state index in [-0.39, 0.29) is 0 Å². The molecule has 1 fully saturated rings. The van der Waals surface area contributed by atoms with E-state index in [9.17, 15) is 4.79 Å². The van der Waals surface area contributed by atoms with Gasteiger partial charge in [0.05, 0.1) is 0 Å². The van der Waals surface area contributed by atoms with Gasteiger partial charge in [-0.15, -0.1) is 0 Å². The first-order valence-electron chi connectivity index (χ1n) is 9.91. The first kappa shape index (κ1) is 18.6. The summed E-state index contributed by atoms with van der Waals surface area (Å²) in [6, 6.07) is 29.8. The number of aldehydes is 1. The first-order chi connectivity index (χ1) is 13.8. The van der Waals surface area contributed by atoms with Crippen LogP contribution in [0, 0.1) is 0 Å². The Morgan fingerprint density at radius 3 is 1.96 bits per heavy atom. The third-order valence-corrected chi connectivity index (χ3v) is 5.51. The zero-order valence-electron chi connectivity index (χ0n) is 16.1. The lowest BCUT2D eigenvalue weighted by Crippen LogP contribution is -2.47. The number of benzene rings is 3. The number of carbonyl (C=O) groups excluding carboxylic acids is 1. The highest BCUT2D eigenvalue weighted by atomic mass is 16.1. The van der Waals surface area contributed by atoms with Gasteiger partial charge in [-0.25, -0.2) is 0 Å². The molecule has 1 heterocycles. The van der Waals surface area contributed by atoms with E-state index in [1.807, 2.05) is 12.1 Å². The van der Waals surface area contributed by atoms with Crippen LogP contribution in [0.5, 0.6) is 0 Å². The monoisotopic (exact) mass is 370 g/mol. The van der Waals surface area contributed by atoms with Crippen LogP contribution < -0.4 is 0 Å². The molecule has 142 valence electrons. The summed E-state index contributed by atoms with van der Waals surface area (Å²) < 4.78 is 0. The number of nitrogens with zero attached hydrogens (tertiary/aromatic N) is 2. The normalized spacial score (nSPS) is 18.1. The molecule has 3 aromatic rings. The van der Waals surface area contributed by atoms with E-state index >= 15 is 0 Å². The molecule has 3 aromatic carbocycles. The summed E-state index contributed by atoms with van der Waals surface area (Å²) in [6.07, 6.45) is 0.911. The molecule has 1 atom stereocenters. The zero-order chi connectivity index (χ0) is 19.2. The molecule has 1 aliphatic rings. The van der Waals surface area contributed by atoms with Crippen molar-refractivity contribution in [3.8, 4) is 0 Å². The summed E-state index contributed by atoms with van der Waals surface area (Å²) in [4.78, 5) is 16.1. The van der Waals surface area contributed by atoms with Crippen molar-refractivity contribution < 1.29 is 4.79 Å². The van der Waals surface area contributed by atoms with Gasteiger partial charge in [-0.3, -0.25) is 14.6 Å². The van der Waals surface area contributed by atoms with Crippen molar-refractivity contribution in [2.45, 2.75) is 19.1 Å². The fraction of sp³-hybridized carbons (Fsp3) is 0.240.